The van der Waals surface area contributed by atoms with Crippen LogP contribution < -0.4 is 0 Å². The fraction of sp³-hybridized carbons (Fsp3) is 0.923. The number of ketones is 1. The molecule has 1 heterocycles. The number of methoxy groups -OCH3 is 1. The van der Waals surface area contributed by atoms with E-state index in [1.54, 1.807) is 7.11 Å². The number of rotatable bonds is 3. The highest BCUT2D eigenvalue weighted by Gasteiger charge is 2.33. The Hall–Kier alpha value is -0.410. The normalized spacial score (nSPS) is 36.9. The van der Waals surface area contributed by atoms with Crippen LogP contribution in [-0.2, 0) is 9.53 Å². The molecule has 3 heteroatoms. The number of hydrogen-bond acceptors (Lipinski definition) is 3. The molecule has 92 valence electrons. The average Bonchev–Trinajstić information content (AvgIpc) is 2.65. The Morgan fingerprint density at radius 3 is 2.94 bits per heavy atom. The maximum atomic E-state index is 11.6. The molecule has 1 aliphatic carbocycles. The van der Waals surface area contributed by atoms with Crippen LogP contribution in [0.3, 0.4) is 0 Å². The minimum absolute atomic E-state index is 0.0000973. The van der Waals surface area contributed by atoms with Crippen molar-refractivity contribution in [1.29, 1.82) is 0 Å². The summed E-state index contributed by atoms with van der Waals surface area (Å²) in [4.78, 5) is 14.0. The summed E-state index contributed by atoms with van der Waals surface area (Å²) in [5.41, 5.74) is -0.0000973. The Balaban J connectivity index is 1.87. The van der Waals surface area contributed by atoms with E-state index in [-0.39, 0.29) is 5.60 Å². The van der Waals surface area contributed by atoms with Crippen LogP contribution in [0.4, 0.5) is 0 Å². The van der Waals surface area contributed by atoms with Crippen LogP contribution in [0.2, 0.25) is 0 Å². The van der Waals surface area contributed by atoms with Crippen molar-refractivity contribution >= 4 is 5.78 Å². The van der Waals surface area contributed by atoms with Gasteiger partial charge in [-0.1, -0.05) is 0 Å². The van der Waals surface area contributed by atoms with E-state index in [2.05, 4.69) is 11.8 Å². The van der Waals surface area contributed by atoms with Crippen molar-refractivity contribution in [3.05, 3.63) is 0 Å². The van der Waals surface area contributed by atoms with Gasteiger partial charge in [0.05, 0.1) is 5.60 Å². The minimum Gasteiger partial charge on any atom is -0.377 e. The molecule has 0 aromatic rings. The number of carbonyl (C=O) groups excluding carboxylic acids is 1. The van der Waals surface area contributed by atoms with Gasteiger partial charge in [-0.25, -0.2) is 0 Å². The maximum absolute atomic E-state index is 11.6. The Labute approximate surface area is 98.1 Å². The molecule has 16 heavy (non-hydrogen) atoms. The first-order valence-corrected chi connectivity index (χ1v) is 6.43. The molecule has 0 aromatic heterocycles. The quantitative estimate of drug-likeness (QED) is 0.734. The van der Waals surface area contributed by atoms with Crippen LogP contribution in [-0.4, -0.2) is 43.0 Å². The van der Waals surface area contributed by atoms with E-state index in [4.69, 9.17) is 4.74 Å². The van der Waals surface area contributed by atoms with E-state index in [0.29, 0.717) is 11.7 Å². The first kappa shape index (κ1) is 12.1. The second-order valence-electron chi connectivity index (χ2n) is 5.55. The number of piperidine rings is 1. The third-order valence-corrected chi connectivity index (χ3v) is 4.14. The molecule has 0 amide bonds. The molecule has 2 atom stereocenters. The van der Waals surface area contributed by atoms with Crippen molar-refractivity contribution in [2.24, 2.45) is 5.92 Å². The van der Waals surface area contributed by atoms with Crippen molar-refractivity contribution in [2.45, 2.75) is 44.6 Å². The highest BCUT2D eigenvalue weighted by atomic mass is 16.5. The highest BCUT2D eigenvalue weighted by molar-refractivity contribution is 5.83. The van der Waals surface area contributed by atoms with Crippen LogP contribution in [0.5, 0.6) is 0 Å². The average molecular weight is 225 g/mol. The van der Waals surface area contributed by atoms with Gasteiger partial charge in [0.1, 0.15) is 5.78 Å². The SMILES string of the molecule is COC1(C)CCCN(CC2CCCC2=O)C1. The molecule has 0 aromatic carbocycles. The lowest BCUT2D eigenvalue weighted by atomic mass is 9.93. The molecule has 2 fully saturated rings. The lowest BCUT2D eigenvalue weighted by Crippen LogP contribution is -2.49. The van der Waals surface area contributed by atoms with Crippen molar-refractivity contribution in [3.8, 4) is 0 Å². The summed E-state index contributed by atoms with van der Waals surface area (Å²) in [5, 5.41) is 0. The highest BCUT2D eigenvalue weighted by Crippen LogP contribution is 2.27. The van der Waals surface area contributed by atoms with Crippen molar-refractivity contribution in [1.82, 2.24) is 4.90 Å². The van der Waals surface area contributed by atoms with E-state index in [1.807, 2.05) is 0 Å². The number of ether oxygens (including phenoxy) is 1. The van der Waals surface area contributed by atoms with Gasteiger partial charge in [-0.05, 0) is 39.2 Å². The Kier molecular flexibility index (Phi) is 3.65. The predicted octanol–water partition coefficient (Wildman–Crippen LogP) is 1.86. The zero-order valence-corrected chi connectivity index (χ0v) is 10.5. The molecule has 0 spiro atoms. The zero-order valence-electron chi connectivity index (χ0n) is 10.5. The van der Waals surface area contributed by atoms with Gasteiger partial charge in [-0.15, -0.1) is 0 Å². The topological polar surface area (TPSA) is 29.5 Å². The standard InChI is InChI=1S/C13H23NO2/c1-13(16-2)7-4-8-14(10-13)9-11-5-3-6-12(11)15/h11H,3-10H2,1-2H3. The van der Waals surface area contributed by atoms with Crippen LogP contribution in [0.25, 0.3) is 0 Å². The molecule has 1 aliphatic heterocycles. The van der Waals surface area contributed by atoms with E-state index in [9.17, 15) is 4.79 Å². The van der Waals surface area contributed by atoms with Gasteiger partial charge in [-0.3, -0.25) is 9.69 Å². The van der Waals surface area contributed by atoms with E-state index in [0.717, 1.165) is 45.3 Å². The minimum atomic E-state index is -0.0000973. The molecule has 1 saturated heterocycles. The molecule has 2 unspecified atom stereocenters. The van der Waals surface area contributed by atoms with Crippen molar-refractivity contribution < 1.29 is 9.53 Å². The number of nitrogens with zero attached hydrogens (tertiary/aromatic N) is 1. The third-order valence-electron chi connectivity index (χ3n) is 4.14. The molecule has 3 nitrogen and oxygen atoms in total. The van der Waals surface area contributed by atoms with Crippen LogP contribution in [0.1, 0.15) is 39.0 Å². The van der Waals surface area contributed by atoms with Crippen molar-refractivity contribution in [3.63, 3.8) is 0 Å². The zero-order chi connectivity index (χ0) is 11.6. The Bertz CT molecular complexity index is 267. The first-order valence-electron chi connectivity index (χ1n) is 6.43. The largest absolute Gasteiger partial charge is 0.377 e. The summed E-state index contributed by atoms with van der Waals surface area (Å²) in [6.45, 7) is 5.24. The first-order chi connectivity index (χ1) is 7.63. The van der Waals surface area contributed by atoms with Gasteiger partial charge in [0, 0.05) is 32.5 Å². The second kappa shape index (κ2) is 4.84. The van der Waals surface area contributed by atoms with Gasteiger partial charge in [0.15, 0.2) is 0 Å². The fourth-order valence-corrected chi connectivity index (χ4v) is 3.02. The lowest BCUT2D eigenvalue weighted by molar-refractivity contribution is -0.122. The van der Waals surface area contributed by atoms with Crippen LogP contribution in [0, 0.1) is 5.92 Å². The third kappa shape index (κ3) is 2.64. The summed E-state index contributed by atoms with van der Waals surface area (Å²) in [6, 6.07) is 0. The van der Waals surface area contributed by atoms with Gasteiger partial charge in [0.2, 0.25) is 0 Å². The molecule has 2 aliphatic rings. The van der Waals surface area contributed by atoms with E-state index >= 15 is 0 Å². The van der Waals surface area contributed by atoms with E-state index < -0.39 is 0 Å². The summed E-state index contributed by atoms with van der Waals surface area (Å²) in [5.74, 6) is 0.781. The van der Waals surface area contributed by atoms with Crippen LogP contribution in [0.15, 0.2) is 0 Å². The monoisotopic (exact) mass is 225 g/mol. The summed E-state index contributed by atoms with van der Waals surface area (Å²) < 4.78 is 5.57. The molecule has 0 bridgehead atoms. The molecule has 2 rings (SSSR count). The van der Waals surface area contributed by atoms with Crippen LogP contribution >= 0.6 is 0 Å². The number of Topliss-reactive ketones (excluding diaryl/α,β-unsaturated/α-hetero) is 1. The predicted molar refractivity (Wildman–Crippen MR) is 63.4 cm³/mol. The van der Waals surface area contributed by atoms with E-state index in [1.165, 1.54) is 6.42 Å². The summed E-state index contributed by atoms with van der Waals surface area (Å²) >= 11 is 0. The molecular formula is C13H23NO2. The Morgan fingerprint density at radius 2 is 2.31 bits per heavy atom. The molecular weight excluding hydrogens is 202 g/mol. The second-order valence-corrected chi connectivity index (χ2v) is 5.55. The summed E-state index contributed by atoms with van der Waals surface area (Å²) in [6.07, 6.45) is 5.32. The molecule has 1 saturated carbocycles. The van der Waals surface area contributed by atoms with Gasteiger partial charge in [-0.2, -0.15) is 0 Å². The molecule has 0 N–H and O–H groups in total. The van der Waals surface area contributed by atoms with Gasteiger partial charge < -0.3 is 4.74 Å². The number of likely N-dealkylation sites (tertiary alicyclic amines) is 1. The smallest absolute Gasteiger partial charge is 0.137 e. The van der Waals surface area contributed by atoms with Gasteiger partial charge >= 0.3 is 0 Å². The maximum Gasteiger partial charge on any atom is 0.137 e. The molecule has 0 radical (unpaired) electrons. The van der Waals surface area contributed by atoms with Crippen molar-refractivity contribution in [2.75, 3.05) is 26.7 Å². The fourth-order valence-electron chi connectivity index (χ4n) is 3.02. The summed E-state index contributed by atoms with van der Waals surface area (Å²) in [7, 11) is 1.80. The number of carbonyl (C=O) groups is 1. The van der Waals surface area contributed by atoms with Gasteiger partial charge in [0.25, 0.3) is 0 Å². The number of hydrogen-bond donors (Lipinski definition) is 0. The Morgan fingerprint density at radius 1 is 1.50 bits per heavy atom. The lowest BCUT2D eigenvalue weighted by Gasteiger charge is -2.40.